The molecule has 106 valence electrons. The van der Waals surface area contributed by atoms with Crippen molar-refractivity contribution in [3.63, 3.8) is 0 Å². The molecular formula is C16H13Cl2N3. The van der Waals surface area contributed by atoms with E-state index in [1.807, 2.05) is 36.5 Å². The number of hydrogen-bond acceptors (Lipinski definition) is 3. The van der Waals surface area contributed by atoms with Gasteiger partial charge >= 0.3 is 0 Å². The number of nitrogens with two attached hydrogens (primary N) is 1. The molecular weight excluding hydrogens is 305 g/mol. The molecule has 1 heterocycles. The molecule has 3 rings (SSSR count). The van der Waals surface area contributed by atoms with Gasteiger partial charge in [0.25, 0.3) is 0 Å². The van der Waals surface area contributed by atoms with Crippen LogP contribution >= 0.6 is 23.2 Å². The highest BCUT2D eigenvalue weighted by atomic mass is 35.5. The number of hydrazine groups is 1. The maximum atomic E-state index is 6.30. The van der Waals surface area contributed by atoms with Gasteiger partial charge < -0.3 is 0 Å². The van der Waals surface area contributed by atoms with E-state index in [1.54, 1.807) is 18.3 Å². The molecule has 0 saturated heterocycles. The first-order chi connectivity index (χ1) is 10.2. The van der Waals surface area contributed by atoms with Crippen LogP contribution in [0.1, 0.15) is 17.2 Å². The molecule has 5 heteroatoms. The van der Waals surface area contributed by atoms with Gasteiger partial charge in [0.05, 0.1) is 6.04 Å². The number of rotatable bonds is 3. The normalized spacial score (nSPS) is 12.5. The average molecular weight is 318 g/mol. The largest absolute Gasteiger partial charge is 0.271 e. The van der Waals surface area contributed by atoms with E-state index in [9.17, 15) is 0 Å². The Bertz CT molecular complexity index is 784. The van der Waals surface area contributed by atoms with Crippen molar-refractivity contribution in [3.8, 4) is 0 Å². The number of halogens is 2. The third-order valence-electron chi connectivity index (χ3n) is 3.45. The number of nitrogens with one attached hydrogen (secondary N) is 1. The molecule has 0 saturated carbocycles. The van der Waals surface area contributed by atoms with E-state index in [-0.39, 0.29) is 6.04 Å². The standard InChI is InChI=1S/C16H13Cl2N3/c17-11-5-6-13(15(18)7-11)16(21-19)14-9-20-8-10-3-1-2-4-12(10)14/h1-9,16,21H,19H2. The van der Waals surface area contributed by atoms with Crippen LogP contribution in [0.4, 0.5) is 0 Å². The van der Waals surface area contributed by atoms with E-state index in [1.165, 1.54) is 0 Å². The maximum absolute atomic E-state index is 6.30. The van der Waals surface area contributed by atoms with Crippen molar-refractivity contribution < 1.29 is 0 Å². The summed E-state index contributed by atoms with van der Waals surface area (Å²) in [6.45, 7) is 0. The lowest BCUT2D eigenvalue weighted by Gasteiger charge is -2.19. The zero-order valence-corrected chi connectivity index (χ0v) is 12.6. The summed E-state index contributed by atoms with van der Waals surface area (Å²) in [5, 5.41) is 3.30. The number of benzene rings is 2. The van der Waals surface area contributed by atoms with Crippen molar-refractivity contribution in [2.24, 2.45) is 5.84 Å². The van der Waals surface area contributed by atoms with E-state index in [4.69, 9.17) is 29.0 Å². The number of nitrogens with zero attached hydrogens (tertiary/aromatic N) is 1. The molecule has 1 aromatic heterocycles. The molecule has 0 fully saturated rings. The Hall–Kier alpha value is -1.65. The van der Waals surface area contributed by atoms with Crippen molar-refractivity contribution in [2.45, 2.75) is 6.04 Å². The van der Waals surface area contributed by atoms with E-state index in [0.29, 0.717) is 10.0 Å². The second kappa shape index (κ2) is 6.00. The fraction of sp³-hybridized carbons (Fsp3) is 0.0625. The summed E-state index contributed by atoms with van der Waals surface area (Å²) < 4.78 is 0. The smallest absolute Gasteiger partial charge is 0.0745 e. The zero-order chi connectivity index (χ0) is 14.8. The minimum atomic E-state index is -0.256. The first kappa shape index (κ1) is 14.3. The number of pyridine rings is 1. The van der Waals surface area contributed by atoms with Gasteiger partial charge in [0.1, 0.15) is 0 Å². The summed E-state index contributed by atoms with van der Waals surface area (Å²) in [5.74, 6) is 5.77. The quantitative estimate of drug-likeness (QED) is 0.565. The Morgan fingerprint density at radius 3 is 2.57 bits per heavy atom. The van der Waals surface area contributed by atoms with Gasteiger partial charge in [-0.2, -0.15) is 0 Å². The predicted molar refractivity (Wildman–Crippen MR) is 87.4 cm³/mol. The second-order valence-corrected chi connectivity index (χ2v) is 5.56. The summed E-state index contributed by atoms with van der Waals surface area (Å²) in [6, 6.07) is 13.2. The zero-order valence-electron chi connectivity index (χ0n) is 11.1. The van der Waals surface area contributed by atoms with Crippen LogP contribution < -0.4 is 11.3 Å². The van der Waals surface area contributed by atoms with Gasteiger partial charge in [0.2, 0.25) is 0 Å². The third-order valence-corrected chi connectivity index (χ3v) is 4.01. The van der Waals surface area contributed by atoms with Crippen LogP contribution in [0.15, 0.2) is 54.9 Å². The summed E-state index contributed by atoms with van der Waals surface area (Å²) >= 11 is 12.3. The van der Waals surface area contributed by atoms with Crippen molar-refractivity contribution in [1.29, 1.82) is 0 Å². The van der Waals surface area contributed by atoms with Gasteiger partial charge in [-0.3, -0.25) is 10.8 Å². The van der Waals surface area contributed by atoms with E-state index in [2.05, 4.69) is 10.4 Å². The highest BCUT2D eigenvalue weighted by molar-refractivity contribution is 6.35. The topological polar surface area (TPSA) is 50.9 Å². The van der Waals surface area contributed by atoms with Crippen molar-refractivity contribution in [3.05, 3.63) is 76.0 Å². The Kier molecular flexibility index (Phi) is 4.08. The second-order valence-electron chi connectivity index (χ2n) is 4.72. The lowest BCUT2D eigenvalue weighted by Crippen LogP contribution is -2.29. The monoisotopic (exact) mass is 317 g/mol. The lowest BCUT2D eigenvalue weighted by atomic mass is 9.96. The Morgan fingerprint density at radius 2 is 1.81 bits per heavy atom. The molecule has 3 nitrogen and oxygen atoms in total. The van der Waals surface area contributed by atoms with Gasteiger partial charge in [-0.1, -0.05) is 53.5 Å². The first-order valence-electron chi connectivity index (χ1n) is 6.44. The van der Waals surface area contributed by atoms with Crippen molar-refractivity contribution in [1.82, 2.24) is 10.4 Å². The van der Waals surface area contributed by atoms with Gasteiger partial charge in [-0.05, 0) is 23.1 Å². The van der Waals surface area contributed by atoms with E-state index in [0.717, 1.165) is 21.9 Å². The van der Waals surface area contributed by atoms with Gasteiger partial charge in [-0.15, -0.1) is 0 Å². The van der Waals surface area contributed by atoms with Crippen LogP contribution in [0.5, 0.6) is 0 Å². The van der Waals surface area contributed by atoms with Crippen LogP contribution in [0, 0.1) is 0 Å². The van der Waals surface area contributed by atoms with Crippen LogP contribution in [-0.2, 0) is 0 Å². The van der Waals surface area contributed by atoms with Crippen molar-refractivity contribution in [2.75, 3.05) is 0 Å². The summed E-state index contributed by atoms with van der Waals surface area (Å²) in [7, 11) is 0. The molecule has 0 aliphatic heterocycles. The number of fused-ring (bicyclic) bond motifs is 1. The van der Waals surface area contributed by atoms with Gasteiger partial charge in [-0.25, -0.2) is 5.43 Å². The van der Waals surface area contributed by atoms with Gasteiger partial charge in [0.15, 0.2) is 0 Å². The Morgan fingerprint density at radius 1 is 1.00 bits per heavy atom. The molecule has 0 amide bonds. The number of aromatic nitrogens is 1. The summed E-state index contributed by atoms with van der Waals surface area (Å²) in [6.07, 6.45) is 3.63. The molecule has 0 aliphatic rings. The number of hydrogen-bond donors (Lipinski definition) is 2. The minimum Gasteiger partial charge on any atom is -0.271 e. The highest BCUT2D eigenvalue weighted by Crippen LogP contribution is 2.32. The molecule has 2 aromatic carbocycles. The average Bonchev–Trinajstić information content (AvgIpc) is 2.50. The van der Waals surface area contributed by atoms with Crippen molar-refractivity contribution >= 4 is 34.0 Å². The van der Waals surface area contributed by atoms with Crippen LogP contribution in [0.25, 0.3) is 10.8 Å². The molecule has 1 unspecified atom stereocenters. The predicted octanol–water partition coefficient (Wildman–Crippen LogP) is 4.09. The third kappa shape index (κ3) is 2.74. The molecule has 0 radical (unpaired) electrons. The Balaban J connectivity index is 2.18. The van der Waals surface area contributed by atoms with Crippen LogP contribution in [0.2, 0.25) is 10.0 Å². The minimum absolute atomic E-state index is 0.256. The highest BCUT2D eigenvalue weighted by Gasteiger charge is 2.18. The van der Waals surface area contributed by atoms with E-state index >= 15 is 0 Å². The summed E-state index contributed by atoms with van der Waals surface area (Å²) in [4.78, 5) is 4.29. The molecule has 21 heavy (non-hydrogen) atoms. The first-order valence-corrected chi connectivity index (χ1v) is 7.20. The molecule has 3 N–H and O–H groups in total. The maximum Gasteiger partial charge on any atom is 0.0745 e. The summed E-state index contributed by atoms with van der Waals surface area (Å²) in [5.41, 5.74) is 4.65. The van der Waals surface area contributed by atoms with Gasteiger partial charge in [0, 0.05) is 33.4 Å². The molecule has 0 spiro atoms. The van der Waals surface area contributed by atoms with E-state index < -0.39 is 0 Å². The van der Waals surface area contributed by atoms with Crippen LogP contribution in [0.3, 0.4) is 0 Å². The van der Waals surface area contributed by atoms with Crippen LogP contribution in [-0.4, -0.2) is 4.98 Å². The molecule has 0 bridgehead atoms. The fourth-order valence-corrected chi connectivity index (χ4v) is 2.97. The lowest BCUT2D eigenvalue weighted by molar-refractivity contribution is 0.639. The Labute approximate surface area is 132 Å². The molecule has 1 atom stereocenters. The molecule has 3 aromatic rings. The fourth-order valence-electron chi connectivity index (χ4n) is 2.45. The SMILES string of the molecule is NNC(c1ccc(Cl)cc1Cl)c1cncc2ccccc12. The molecule has 0 aliphatic carbocycles.